The van der Waals surface area contributed by atoms with Crippen LogP contribution in [0.25, 0.3) is 0 Å². The van der Waals surface area contributed by atoms with Crippen molar-refractivity contribution in [3.05, 3.63) is 18.2 Å². The maximum absolute atomic E-state index is 5.99. The molecule has 3 rings (SSSR count). The third-order valence-corrected chi connectivity index (χ3v) is 3.69. The highest BCUT2D eigenvalue weighted by Gasteiger charge is 2.43. The van der Waals surface area contributed by atoms with Crippen molar-refractivity contribution in [2.24, 2.45) is 0 Å². The van der Waals surface area contributed by atoms with E-state index in [0.29, 0.717) is 5.11 Å². The van der Waals surface area contributed by atoms with Crippen LogP contribution in [0.2, 0.25) is 0 Å². The molecule has 0 saturated heterocycles. The molecule has 1 aliphatic carbocycles. The van der Waals surface area contributed by atoms with Gasteiger partial charge in [-0.25, -0.2) is 0 Å². The fraction of sp³-hybridized carbons (Fsp3) is 0.462. The molecular weight excluding hydrogens is 248 g/mol. The summed E-state index contributed by atoms with van der Waals surface area (Å²) in [6.45, 7) is 0. The average molecular weight is 264 g/mol. The summed E-state index contributed by atoms with van der Waals surface area (Å²) in [7, 11) is 1.79. The first kappa shape index (κ1) is 11.6. The van der Waals surface area contributed by atoms with E-state index >= 15 is 0 Å². The molecule has 1 aromatic rings. The number of thiocarbonyl (C=S) groups is 1. The topological polar surface area (TPSA) is 42.5 Å². The highest BCUT2D eigenvalue weighted by Crippen LogP contribution is 2.47. The van der Waals surface area contributed by atoms with E-state index in [4.69, 9.17) is 21.7 Å². The van der Waals surface area contributed by atoms with E-state index < -0.39 is 5.79 Å². The smallest absolute Gasteiger partial charge is 0.251 e. The van der Waals surface area contributed by atoms with Gasteiger partial charge in [0.15, 0.2) is 16.6 Å². The molecule has 0 aromatic heterocycles. The molecule has 0 bridgehead atoms. The molecule has 1 saturated carbocycles. The molecular formula is C13H16N2O2S. The summed E-state index contributed by atoms with van der Waals surface area (Å²) in [5.41, 5.74) is 0.909. The molecule has 4 nitrogen and oxygen atoms in total. The van der Waals surface area contributed by atoms with Gasteiger partial charge in [-0.2, -0.15) is 0 Å². The quantitative estimate of drug-likeness (QED) is 0.763. The van der Waals surface area contributed by atoms with Gasteiger partial charge in [-0.1, -0.05) is 0 Å². The summed E-state index contributed by atoms with van der Waals surface area (Å²) in [6, 6.07) is 5.81. The number of hydrogen-bond donors (Lipinski definition) is 2. The zero-order chi connectivity index (χ0) is 12.6. The van der Waals surface area contributed by atoms with Crippen molar-refractivity contribution in [2.45, 2.75) is 31.5 Å². The second kappa shape index (κ2) is 4.31. The Kier molecular flexibility index (Phi) is 2.78. The highest BCUT2D eigenvalue weighted by atomic mass is 32.1. The largest absolute Gasteiger partial charge is 0.448 e. The summed E-state index contributed by atoms with van der Waals surface area (Å²) >= 11 is 5.07. The predicted octanol–water partition coefficient (Wildman–Crippen LogP) is 2.64. The summed E-state index contributed by atoms with van der Waals surface area (Å²) in [6.07, 6.45) is 4.28. The first-order chi connectivity index (χ1) is 8.71. The molecule has 2 N–H and O–H groups in total. The van der Waals surface area contributed by atoms with E-state index in [1.807, 2.05) is 18.2 Å². The van der Waals surface area contributed by atoms with E-state index in [-0.39, 0.29) is 0 Å². The lowest BCUT2D eigenvalue weighted by molar-refractivity contribution is -0.0716. The summed E-state index contributed by atoms with van der Waals surface area (Å²) in [5.74, 6) is 1.24. The number of benzene rings is 1. The van der Waals surface area contributed by atoms with Gasteiger partial charge in [0, 0.05) is 31.6 Å². The molecule has 5 heteroatoms. The number of anilines is 1. The van der Waals surface area contributed by atoms with Gasteiger partial charge >= 0.3 is 0 Å². The SMILES string of the molecule is CNC(=S)Nc1ccc2c(c1)OC1(CCCC1)O2. The van der Waals surface area contributed by atoms with Gasteiger partial charge in [-0.15, -0.1) is 0 Å². The molecule has 0 radical (unpaired) electrons. The molecule has 2 aliphatic rings. The Hall–Kier alpha value is -1.49. The number of nitrogens with one attached hydrogen (secondary N) is 2. The van der Waals surface area contributed by atoms with Crippen molar-refractivity contribution >= 4 is 23.0 Å². The van der Waals surface area contributed by atoms with Crippen LogP contribution in [-0.2, 0) is 0 Å². The Balaban J connectivity index is 1.80. The zero-order valence-electron chi connectivity index (χ0n) is 10.3. The number of ether oxygens (including phenoxy) is 2. The van der Waals surface area contributed by atoms with E-state index in [2.05, 4.69) is 10.6 Å². The molecule has 0 amide bonds. The number of hydrogen-bond acceptors (Lipinski definition) is 3. The van der Waals surface area contributed by atoms with Crippen LogP contribution in [0.1, 0.15) is 25.7 Å². The fourth-order valence-electron chi connectivity index (χ4n) is 2.48. The van der Waals surface area contributed by atoms with Crippen molar-refractivity contribution in [1.29, 1.82) is 0 Å². The molecule has 0 unspecified atom stereocenters. The molecule has 96 valence electrons. The molecule has 1 heterocycles. The molecule has 1 fully saturated rings. The molecule has 18 heavy (non-hydrogen) atoms. The second-order valence-electron chi connectivity index (χ2n) is 4.69. The van der Waals surface area contributed by atoms with Gasteiger partial charge in [0.05, 0.1) is 0 Å². The van der Waals surface area contributed by atoms with E-state index in [0.717, 1.165) is 30.0 Å². The summed E-state index contributed by atoms with van der Waals surface area (Å²) in [5, 5.41) is 6.55. The van der Waals surface area contributed by atoms with Gasteiger partial charge in [-0.3, -0.25) is 0 Å². The zero-order valence-corrected chi connectivity index (χ0v) is 11.1. The minimum atomic E-state index is -0.398. The molecule has 1 spiro atoms. The number of rotatable bonds is 1. The lowest BCUT2D eigenvalue weighted by atomic mass is 10.2. The van der Waals surface area contributed by atoms with Crippen LogP contribution in [-0.4, -0.2) is 17.9 Å². The Morgan fingerprint density at radius 2 is 1.94 bits per heavy atom. The Morgan fingerprint density at radius 3 is 2.67 bits per heavy atom. The van der Waals surface area contributed by atoms with E-state index in [1.54, 1.807) is 7.05 Å². The predicted molar refractivity (Wildman–Crippen MR) is 74.2 cm³/mol. The Labute approximate surface area is 112 Å². The summed E-state index contributed by atoms with van der Waals surface area (Å²) < 4.78 is 11.9. The molecule has 1 aliphatic heterocycles. The van der Waals surface area contributed by atoms with E-state index in [9.17, 15) is 0 Å². The standard InChI is InChI=1S/C13H16N2O2S/c1-14-12(18)15-9-4-5-10-11(8-9)17-13(16-10)6-2-3-7-13/h4-5,8H,2-3,6-7H2,1H3,(H2,14,15,18). The normalized spacial score (nSPS) is 18.9. The maximum Gasteiger partial charge on any atom is 0.251 e. The van der Waals surface area contributed by atoms with Gasteiger partial charge in [0.2, 0.25) is 0 Å². The van der Waals surface area contributed by atoms with Crippen LogP contribution in [0, 0.1) is 0 Å². The van der Waals surface area contributed by atoms with Crippen molar-refractivity contribution in [2.75, 3.05) is 12.4 Å². The third kappa shape index (κ3) is 1.99. The lowest BCUT2D eigenvalue weighted by Crippen LogP contribution is -2.34. The average Bonchev–Trinajstić information content (AvgIpc) is 2.95. The molecule has 1 aromatic carbocycles. The minimum absolute atomic E-state index is 0.398. The van der Waals surface area contributed by atoms with Crippen LogP contribution in [0.15, 0.2) is 18.2 Å². The minimum Gasteiger partial charge on any atom is -0.448 e. The van der Waals surface area contributed by atoms with Crippen molar-refractivity contribution in [1.82, 2.24) is 5.32 Å². The Morgan fingerprint density at radius 1 is 1.22 bits per heavy atom. The lowest BCUT2D eigenvalue weighted by Gasteiger charge is -2.21. The Bertz CT molecular complexity index is 484. The van der Waals surface area contributed by atoms with Crippen LogP contribution in [0.3, 0.4) is 0 Å². The fourth-order valence-corrected chi connectivity index (χ4v) is 2.60. The first-order valence-electron chi connectivity index (χ1n) is 6.22. The third-order valence-electron chi connectivity index (χ3n) is 3.39. The van der Waals surface area contributed by atoms with E-state index in [1.165, 1.54) is 12.8 Å². The monoisotopic (exact) mass is 264 g/mol. The second-order valence-corrected chi connectivity index (χ2v) is 5.10. The van der Waals surface area contributed by atoms with Crippen LogP contribution in [0.5, 0.6) is 11.5 Å². The van der Waals surface area contributed by atoms with Crippen LogP contribution in [0.4, 0.5) is 5.69 Å². The number of fused-ring (bicyclic) bond motifs is 1. The van der Waals surface area contributed by atoms with Gasteiger partial charge < -0.3 is 20.1 Å². The van der Waals surface area contributed by atoms with Crippen LogP contribution >= 0.6 is 12.2 Å². The molecule has 0 atom stereocenters. The first-order valence-corrected chi connectivity index (χ1v) is 6.62. The summed E-state index contributed by atoms with van der Waals surface area (Å²) in [4.78, 5) is 0. The van der Waals surface area contributed by atoms with Crippen LogP contribution < -0.4 is 20.1 Å². The van der Waals surface area contributed by atoms with Crippen molar-refractivity contribution in [3.63, 3.8) is 0 Å². The maximum atomic E-state index is 5.99. The van der Waals surface area contributed by atoms with Gasteiger partial charge in [0.25, 0.3) is 5.79 Å². The van der Waals surface area contributed by atoms with Gasteiger partial charge in [-0.05, 0) is 37.2 Å². The van der Waals surface area contributed by atoms with Crippen molar-refractivity contribution < 1.29 is 9.47 Å². The van der Waals surface area contributed by atoms with Crippen molar-refractivity contribution in [3.8, 4) is 11.5 Å². The highest BCUT2D eigenvalue weighted by molar-refractivity contribution is 7.80. The van der Waals surface area contributed by atoms with Gasteiger partial charge in [0.1, 0.15) is 0 Å².